The number of halogens is 4. The summed E-state index contributed by atoms with van der Waals surface area (Å²) in [5, 5.41) is 4.74. The summed E-state index contributed by atoms with van der Waals surface area (Å²) in [6, 6.07) is 5.09. The van der Waals surface area contributed by atoms with E-state index in [2.05, 4.69) is 37.2 Å². The zero-order chi connectivity index (χ0) is 12.1. The van der Waals surface area contributed by atoms with E-state index >= 15 is 0 Å². The van der Waals surface area contributed by atoms with Gasteiger partial charge in [0.2, 0.25) is 5.91 Å². The molecule has 1 N–H and O–H groups in total. The van der Waals surface area contributed by atoms with E-state index < -0.39 is 0 Å². The summed E-state index contributed by atoms with van der Waals surface area (Å²) in [7, 11) is 0. The van der Waals surface area contributed by atoms with Crippen LogP contribution in [0.2, 0.25) is 10.0 Å². The molecule has 0 bridgehead atoms. The largest absolute Gasteiger partial charge is 0.323 e. The molecule has 0 aliphatic rings. The van der Waals surface area contributed by atoms with E-state index in [1.165, 1.54) is 0 Å². The van der Waals surface area contributed by atoms with Crippen LogP contribution in [0.5, 0.6) is 0 Å². The second-order valence-electron chi connectivity index (χ2n) is 3.09. The lowest BCUT2D eigenvalue weighted by atomic mass is 10.2. The third-order valence-electron chi connectivity index (χ3n) is 1.95. The maximum absolute atomic E-state index is 11.8. The Hall–Kier alpha value is 0.230. The molecular weight excluding hydrogens is 381 g/mol. The minimum absolute atomic E-state index is 0.122. The van der Waals surface area contributed by atoms with Crippen molar-refractivity contribution in [2.75, 3.05) is 16.0 Å². The molecule has 88 valence electrons. The first-order chi connectivity index (χ1) is 7.60. The molecule has 0 atom stereocenters. The first-order valence-electron chi connectivity index (χ1n) is 4.47. The van der Waals surface area contributed by atoms with Gasteiger partial charge >= 0.3 is 0 Å². The molecule has 0 saturated heterocycles. The van der Waals surface area contributed by atoms with Crippen molar-refractivity contribution in [1.82, 2.24) is 0 Å². The molecule has 0 aliphatic carbocycles. The molecular formula is C10H9Br2Cl2NO. The van der Waals surface area contributed by atoms with E-state index in [1.807, 2.05) is 0 Å². The number of carbonyl (C=O) groups excluding carboxylic acids is 1. The van der Waals surface area contributed by atoms with E-state index in [0.717, 1.165) is 0 Å². The van der Waals surface area contributed by atoms with Crippen LogP contribution in [0.1, 0.15) is 0 Å². The molecule has 1 aromatic carbocycles. The summed E-state index contributed by atoms with van der Waals surface area (Å²) in [6.07, 6.45) is 0. The highest BCUT2D eigenvalue weighted by atomic mass is 79.9. The lowest BCUT2D eigenvalue weighted by Gasteiger charge is -2.13. The number of amides is 1. The summed E-state index contributed by atoms with van der Waals surface area (Å²) >= 11 is 18.4. The molecule has 1 aromatic rings. The highest BCUT2D eigenvalue weighted by Crippen LogP contribution is 2.30. The number of rotatable bonds is 4. The Kier molecular flexibility index (Phi) is 6.11. The van der Waals surface area contributed by atoms with Gasteiger partial charge in [-0.2, -0.15) is 0 Å². The Morgan fingerprint density at radius 2 is 1.75 bits per heavy atom. The van der Waals surface area contributed by atoms with Crippen LogP contribution < -0.4 is 5.32 Å². The van der Waals surface area contributed by atoms with Crippen LogP contribution in [0.25, 0.3) is 0 Å². The molecule has 16 heavy (non-hydrogen) atoms. The van der Waals surface area contributed by atoms with Crippen LogP contribution in [0.15, 0.2) is 18.2 Å². The zero-order valence-electron chi connectivity index (χ0n) is 8.14. The van der Waals surface area contributed by atoms with Crippen molar-refractivity contribution in [3.05, 3.63) is 28.2 Å². The van der Waals surface area contributed by atoms with Crippen LogP contribution in [-0.4, -0.2) is 16.6 Å². The molecule has 2 nitrogen and oxygen atoms in total. The number of hydrogen-bond donors (Lipinski definition) is 1. The van der Waals surface area contributed by atoms with Crippen molar-refractivity contribution in [3.8, 4) is 0 Å². The summed E-state index contributed by atoms with van der Waals surface area (Å²) in [5.41, 5.74) is 0.461. The molecule has 1 rings (SSSR count). The number of nitrogens with one attached hydrogen (secondary N) is 1. The Labute approximate surface area is 121 Å². The van der Waals surface area contributed by atoms with E-state index in [0.29, 0.717) is 26.4 Å². The van der Waals surface area contributed by atoms with Gasteiger partial charge in [-0.25, -0.2) is 0 Å². The van der Waals surface area contributed by atoms with Crippen LogP contribution in [0.4, 0.5) is 5.69 Å². The highest BCUT2D eigenvalue weighted by molar-refractivity contribution is 9.09. The minimum atomic E-state index is -0.160. The van der Waals surface area contributed by atoms with Gasteiger partial charge in [-0.15, -0.1) is 0 Å². The van der Waals surface area contributed by atoms with Crippen LogP contribution in [0, 0.1) is 5.92 Å². The van der Waals surface area contributed by atoms with Crippen molar-refractivity contribution in [2.45, 2.75) is 0 Å². The Morgan fingerprint density at radius 3 is 2.19 bits per heavy atom. The number of carbonyl (C=O) groups is 1. The fourth-order valence-corrected chi connectivity index (χ4v) is 3.18. The summed E-state index contributed by atoms with van der Waals surface area (Å²) < 4.78 is 0. The predicted molar refractivity (Wildman–Crippen MR) is 76.2 cm³/mol. The lowest BCUT2D eigenvalue weighted by molar-refractivity contribution is -0.118. The average molecular weight is 390 g/mol. The molecule has 0 spiro atoms. The minimum Gasteiger partial charge on any atom is -0.323 e. The van der Waals surface area contributed by atoms with E-state index in [9.17, 15) is 4.79 Å². The van der Waals surface area contributed by atoms with Gasteiger partial charge < -0.3 is 5.32 Å². The number of benzene rings is 1. The maximum atomic E-state index is 11.8. The van der Waals surface area contributed by atoms with Gasteiger partial charge in [0.1, 0.15) is 0 Å². The molecule has 0 aromatic heterocycles. The van der Waals surface area contributed by atoms with E-state index in [-0.39, 0.29) is 11.8 Å². The molecule has 0 aliphatic heterocycles. The second-order valence-corrected chi connectivity index (χ2v) is 5.20. The van der Waals surface area contributed by atoms with E-state index in [4.69, 9.17) is 23.2 Å². The van der Waals surface area contributed by atoms with Gasteiger partial charge in [-0.3, -0.25) is 4.79 Å². The monoisotopic (exact) mass is 387 g/mol. The second kappa shape index (κ2) is 6.84. The summed E-state index contributed by atoms with van der Waals surface area (Å²) in [4.78, 5) is 11.8. The van der Waals surface area contributed by atoms with Crippen molar-refractivity contribution in [3.63, 3.8) is 0 Å². The molecule has 0 unspecified atom stereocenters. The standard InChI is InChI=1S/C10H9Br2Cl2NO/c11-4-6(5-12)10(16)15-9-7(13)2-1-3-8(9)14/h1-3,6H,4-5H2,(H,15,16). The van der Waals surface area contributed by atoms with Gasteiger partial charge in [0, 0.05) is 10.7 Å². The third-order valence-corrected chi connectivity index (χ3v) is 4.15. The Morgan fingerprint density at radius 1 is 1.25 bits per heavy atom. The van der Waals surface area contributed by atoms with Gasteiger partial charge in [-0.05, 0) is 12.1 Å². The van der Waals surface area contributed by atoms with Gasteiger partial charge in [0.05, 0.1) is 21.7 Å². The van der Waals surface area contributed by atoms with Crippen LogP contribution in [0.3, 0.4) is 0 Å². The molecule has 0 radical (unpaired) electrons. The van der Waals surface area contributed by atoms with Crippen molar-refractivity contribution in [2.24, 2.45) is 5.92 Å². The average Bonchev–Trinajstić information content (AvgIpc) is 2.25. The summed E-state index contributed by atoms with van der Waals surface area (Å²) in [5.74, 6) is -0.281. The van der Waals surface area contributed by atoms with Crippen LogP contribution in [-0.2, 0) is 4.79 Å². The fraction of sp³-hybridized carbons (Fsp3) is 0.300. The van der Waals surface area contributed by atoms with E-state index in [1.54, 1.807) is 18.2 Å². The number of alkyl halides is 2. The maximum Gasteiger partial charge on any atom is 0.229 e. The SMILES string of the molecule is O=C(Nc1c(Cl)cccc1Cl)C(CBr)CBr. The molecule has 0 heterocycles. The number of hydrogen-bond acceptors (Lipinski definition) is 1. The van der Waals surface area contributed by atoms with Crippen molar-refractivity contribution < 1.29 is 4.79 Å². The molecule has 0 saturated carbocycles. The molecule has 1 amide bonds. The smallest absolute Gasteiger partial charge is 0.229 e. The summed E-state index contributed by atoms with van der Waals surface area (Å²) in [6.45, 7) is 0. The topological polar surface area (TPSA) is 29.1 Å². The molecule has 6 heteroatoms. The zero-order valence-corrected chi connectivity index (χ0v) is 12.8. The quantitative estimate of drug-likeness (QED) is 0.762. The normalized spacial score (nSPS) is 10.6. The third kappa shape index (κ3) is 3.62. The first-order valence-corrected chi connectivity index (χ1v) is 7.46. The first kappa shape index (κ1) is 14.3. The van der Waals surface area contributed by atoms with Gasteiger partial charge in [-0.1, -0.05) is 61.1 Å². The predicted octanol–water partition coefficient (Wildman–Crippen LogP) is 4.34. The highest BCUT2D eigenvalue weighted by Gasteiger charge is 2.17. The van der Waals surface area contributed by atoms with Crippen LogP contribution >= 0.6 is 55.1 Å². The number of anilines is 1. The Bertz CT molecular complexity index is 363. The van der Waals surface area contributed by atoms with Crippen molar-refractivity contribution in [1.29, 1.82) is 0 Å². The van der Waals surface area contributed by atoms with Crippen molar-refractivity contribution >= 4 is 66.7 Å². The van der Waals surface area contributed by atoms with Gasteiger partial charge in [0.25, 0.3) is 0 Å². The molecule has 0 fully saturated rings. The van der Waals surface area contributed by atoms with Gasteiger partial charge in [0.15, 0.2) is 0 Å². The Balaban J connectivity index is 2.84. The number of para-hydroxylation sites is 1. The fourth-order valence-electron chi connectivity index (χ4n) is 1.02. The lowest BCUT2D eigenvalue weighted by Crippen LogP contribution is -2.25.